The van der Waals surface area contributed by atoms with Crippen molar-refractivity contribution in [2.45, 2.75) is 6.04 Å². The van der Waals surface area contributed by atoms with Crippen LogP contribution in [0.15, 0.2) is 24.3 Å². The lowest BCUT2D eigenvalue weighted by atomic mass is 9.92. The first kappa shape index (κ1) is 8.44. The highest BCUT2D eigenvalue weighted by molar-refractivity contribution is 7.80. The molecule has 0 aromatic rings. The van der Waals surface area contributed by atoms with Gasteiger partial charge in [0.1, 0.15) is 0 Å². The molecule has 1 saturated heterocycles. The fourth-order valence-electron chi connectivity index (χ4n) is 1.54. The molecule has 0 aromatic heterocycles. The number of carbonyl (C=O) groups is 1. The molecule has 0 bridgehead atoms. The van der Waals surface area contributed by atoms with Crippen molar-refractivity contribution in [3.8, 4) is 0 Å². The van der Waals surface area contributed by atoms with E-state index in [1.807, 2.05) is 24.3 Å². The van der Waals surface area contributed by atoms with Crippen LogP contribution in [0.3, 0.4) is 0 Å². The van der Waals surface area contributed by atoms with Crippen molar-refractivity contribution in [3.05, 3.63) is 24.3 Å². The zero-order valence-electron chi connectivity index (χ0n) is 7.23. The minimum atomic E-state index is -0.0956. The molecule has 2 aliphatic rings. The Bertz CT molecular complexity index is 322. The topological polar surface area (TPSA) is 32.3 Å². The van der Waals surface area contributed by atoms with Crippen molar-refractivity contribution in [2.24, 2.45) is 5.92 Å². The predicted molar refractivity (Wildman–Crippen MR) is 54.1 cm³/mol. The monoisotopic (exact) mass is 194 g/mol. The van der Waals surface area contributed by atoms with Gasteiger partial charge < -0.3 is 5.32 Å². The van der Waals surface area contributed by atoms with Crippen LogP contribution in [0.5, 0.6) is 0 Å². The van der Waals surface area contributed by atoms with Crippen LogP contribution < -0.4 is 5.32 Å². The van der Waals surface area contributed by atoms with E-state index < -0.39 is 0 Å². The number of nitrogens with zero attached hydrogens (tertiary/aromatic N) is 1. The number of hydrogen-bond acceptors (Lipinski definition) is 2. The van der Waals surface area contributed by atoms with Crippen molar-refractivity contribution in [1.82, 2.24) is 10.2 Å². The van der Waals surface area contributed by atoms with E-state index in [9.17, 15) is 4.79 Å². The molecule has 0 spiro atoms. The molecule has 2 rings (SSSR count). The molecule has 68 valence electrons. The van der Waals surface area contributed by atoms with Crippen molar-refractivity contribution in [1.29, 1.82) is 0 Å². The Morgan fingerprint density at radius 1 is 1.46 bits per heavy atom. The van der Waals surface area contributed by atoms with E-state index in [2.05, 4.69) is 5.32 Å². The van der Waals surface area contributed by atoms with Crippen LogP contribution in [0.25, 0.3) is 0 Å². The van der Waals surface area contributed by atoms with E-state index >= 15 is 0 Å². The Morgan fingerprint density at radius 3 is 2.92 bits per heavy atom. The summed E-state index contributed by atoms with van der Waals surface area (Å²) in [7, 11) is 1.69. The fraction of sp³-hybridized carbons (Fsp3) is 0.333. The Labute approximate surface area is 82.1 Å². The summed E-state index contributed by atoms with van der Waals surface area (Å²) >= 11 is 5.01. The van der Waals surface area contributed by atoms with Crippen LogP contribution in [0.1, 0.15) is 0 Å². The lowest BCUT2D eigenvalue weighted by molar-refractivity contribution is -0.130. The van der Waals surface area contributed by atoms with Crippen LogP contribution in [-0.2, 0) is 4.79 Å². The van der Waals surface area contributed by atoms with E-state index in [0.29, 0.717) is 5.11 Å². The highest BCUT2D eigenvalue weighted by atomic mass is 32.1. The number of nitrogens with one attached hydrogen (secondary N) is 1. The second-order valence-corrected chi connectivity index (χ2v) is 3.55. The van der Waals surface area contributed by atoms with Crippen LogP contribution in [0.4, 0.5) is 0 Å². The molecule has 1 fully saturated rings. The van der Waals surface area contributed by atoms with Gasteiger partial charge >= 0.3 is 0 Å². The number of fused-ring (bicyclic) bond motifs is 1. The van der Waals surface area contributed by atoms with E-state index in [0.717, 1.165) is 0 Å². The molecular formula is C9H10N2OS. The van der Waals surface area contributed by atoms with Gasteiger partial charge in [0.25, 0.3) is 0 Å². The van der Waals surface area contributed by atoms with Gasteiger partial charge in [-0.3, -0.25) is 9.69 Å². The van der Waals surface area contributed by atoms with Crippen LogP contribution in [-0.4, -0.2) is 29.0 Å². The quantitative estimate of drug-likeness (QED) is 0.568. The van der Waals surface area contributed by atoms with Gasteiger partial charge in [0, 0.05) is 7.05 Å². The summed E-state index contributed by atoms with van der Waals surface area (Å²) in [4.78, 5) is 13.2. The number of allylic oxidation sites excluding steroid dienone is 2. The molecule has 1 heterocycles. The Kier molecular flexibility index (Phi) is 1.92. The van der Waals surface area contributed by atoms with Gasteiger partial charge in [-0.05, 0) is 12.2 Å². The maximum Gasteiger partial charge on any atom is 0.237 e. The minimum absolute atomic E-state index is 0.0428. The molecule has 1 aliphatic heterocycles. The highest BCUT2D eigenvalue weighted by Gasteiger charge is 2.34. The number of thiocarbonyl (C=S) groups is 1. The SMILES string of the molecule is CN1C(=O)[C@H]2C=CC=C[C@H]2NC1=S. The molecule has 3 nitrogen and oxygen atoms in total. The smallest absolute Gasteiger partial charge is 0.237 e. The largest absolute Gasteiger partial charge is 0.355 e. The lowest BCUT2D eigenvalue weighted by Gasteiger charge is -2.35. The standard InChI is InChI=1S/C9H10N2OS/c1-11-8(12)6-4-2-3-5-7(6)10-9(11)13/h2-7H,1H3,(H,10,13)/t6-,7+/m0/s1. The van der Waals surface area contributed by atoms with Gasteiger partial charge in [0.05, 0.1) is 12.0 Å². The first-order chi connectivity index (χ1) is 6.20. The molecule has 0 aromatic carbocycles. The summed E-state index contributed by atoms with van der Waals surface area (Å²) < 4.78 is 0. The summed E-state index contributed by atoms with van der Waals surface area (Å²) in [6.45, 7) is 0. The van der Waals surface area contributed by atoms with Gasteiger partial charge in [0.15, 0.2) is 5.11 Å². The Morgan fingerprint density at radius 2 is 2.15 bits per heavy atom. The van der Waals surface area contributed by atoms with Crippen LogP contribution in [0, 0.1) is 5.92 Å². The van der Waals surface area contributed by atoms with Gasteiger partial charge in [-0.1, -0.05) is 24.3 Å². The number of rotatable bonds is 0. The van der Waals surface area contributed by atoms with Crippen LogP contribution in [0.2, 0.25) is 0 Å². The maximum atomic E-state index is 11.7. The van der Waals surface area contributed by atoms with E-state index in [1.165, 1.54) is 4.90 Å². The molecule has 0 saturated carbocycles. The summed E-state index contributed by atoms with van der Waals surface area (Å²) in [5.41, 5.74) is 0. The molecule has 0 radical (unpaired) electrons. The lowest BCUT2D eigenvalue weighted by Crippen LogP contribution is -2.57. The summed E-state index contributed by atoms with van der Waals surface area (Å²) in [6.07, 6.45) is 7.68. The molecule has 13 heavy (non-hydrogen) atoms. The van der Waals surface area contributed by atoms with Gasteiger partial charge in [-0.25, -0.2) is 0 Å². The van der Waals surface area contributed by atoms with Crippen molar-refractivity contribution in [2.75, 3.05) is 7.05 Å². The highest BCUT2D eigenvalue weighted by Crippen LogP contribution is 2.19. The van der Waals surface area contributed by atoms with Crippen LogP contribution >= 0.6 is 12.2 Å². The maximum absolute atomic E-state index is 11.7. The average Bonchev–Trinajstić information content (AvgIpc) is 2.15. The Hall–Kier alpha value is -1.16. The van der Waals surface area contributed by atoms with Crippen molar-refractivity contribution in [3.63, 3.8) is 0 Å². The second kappa shape index (κ2) is 2.96. The summed E-state index contributed by atoms with van der Waals surface area (Å²) in [6, 6.07) is 0.0428. The molecule has 1 N–H and O–H groups in total. The summed E-state index contributed by atoms with van der Waals surface area (Å²) in [5.74, 6) is -0.0314. The molecular weight excluding hydrogens is 184 g/mol. The van der Waals surface area contributed by atoms with Gasteiger partial charge in [-0.15, -0.1) is 0 Å². The average molecular weight is 194 g/mol. The third-order valence-electron chi connectivity index (χ3n) is 2.35. The van der Waals surface area contributed by atoms with E-state index in [4.69, 9.17) is 12.2 Å². The van der Waals surface area contributed by atoms with E-state index in [1.54, 1.807) is 7.05 Å². The molecule has 4 heteroatoms. The Balaban J connectivity index is 2.29. The molecule has 2 atom stereocenters. The predicted octanol–water partition coefficient (Wildman–Crippen LogP) is 0.444. The molecule has 1 amide bonds. The zero-order chi connectivity index (χ0) is 9.42. The first-order valence-electron chi connectivity index (χ1n) is 4.13. The van der Waals surface area contributed by atoms with Crippen molar-refractivity contribution < 1.29 is 4.79 Å². The third-order valence-corrected chi connectivity index (χ3v) is 2.74. The van der Waals surface area contributed by atoms with Gasteiger partial charge in [-0.2, -0.15) is 0 Å². The second-order valence-electron chi connectivity index (χ2n) is 3.17. The summed E-state index contributed by atoms with van der Waals surface area (Å²) in [5, 5.41) is 3.60. The number of carbonyl (C=O) groups excluding carboxylic acids is 1. The minimum Gasteiger partial charge on any atom is -0.355 e. The van der Waals surface area contributed by atoms with E-state index in [-0.39, 0.29) is 17.9 Å². The number of amides is 1. The molecule has 1 aliphatic carbocycles. The fourth-order valence-corrected chi connectivity index (χ4v) is 1.77. The van der Waals surface area contributed by atoms with Gasteiger partial charge in [0.2, 0.25) is 5.91 Å². The number of hydrogen-bond donors (Lipinski definition) is 1. The van der Waals surface area contributed by atoms with Crippen molar-refractivity contribution >= 4 is 23.2 Å². The molecule has 0 unspecified atom stereocenters. The zero-order valence-corrected chi connectivity index (χ0v) is 8.04. The normalized spacial score (nSPS) is 31.6. The first-order valence-corrected chi connectivity index (χ1v) is 4.54. The third kappa shape index (κ3) is 1.27.